The lowest BCUT2D eigenvalue weighted by atomic mass is 9.92. The molecule has 0 aromatic carbocycles. The van der Waals surface area contributed by atoms with Crippen molar-refractivity contribution in [1.29, 1.82) is 0 Å². The maximum Gasteiger partial charge on any atom is 0.259 e. The van der Waals surface area contributed by atoms with Gasteiger partial charge < -0.3 is 4.84 Å². The molecule has 1 amide bonds. The predicted molar refractivity (Wildman–Crippen MR) is 59.0 cm³/mol. The normalized spacial score (nSPS) is 27.5. The Morgan fingerprint density at radius 2 is 2.29 bits per heavy atom. The second kappa shape index (κ2) is 3.83. The number of hydrogen-bond acceptors (Lipinski definition) is 5. The first kappa shape index (κ1) is 10.2. The van der Waals surface area contributed by atoms with Crippen molar-refractivity contribution in [2.75, 3.05) is 0 Å². The zero-order chi connectivity index (χ0) is 11.8. The van der Waals surface area contributed by atoms with Crippen LogP contribution in [0.1, 0.15) is 18.5 Å². The number of nitrogens with one attached hydrogen (secondary N) is 3. The van der Waals surface area contributed by atoms with Crippen molar-refractivity contribution >= 4 is 5.91 Å². The van der Waals surface area contributed by atoms with Crippen LogP contribution in [0.15, 0.2) is 35.9 Å². The lowest BCUT2D eigenvalue weighted by Gasteiger charge is -2.29. The highest BCUT2D eigenvalue weighted by Gasteiger charge is 2.40. The van der Waals surface area contributed by atoms with Crippen LogP contribution in [0.5, 0.6) is 0 Å². The first-order valence-corrected chi connectivity index (χ1v) is 5.35. The summed E-state index contributed by atoms with van der Waals surface area (Å²) < 4.78 is 0. The van der Waals surface area contributed by atoms with Crippen molar-refractivity contribution in [3.63, 3.8) is 0 Å². The van der Waals surface area contributed by atoms with Gasteiger partial charge in [-0.25, -0.2) is 5.43 Å². The molecule has 0 saturated carbocycles. The molecule has 2 aliphatic heterocycles. The number of hydrazine groups is 1. The fraction of sp³-hybridized carbons (Fsp3) is 0.273. The Balaban J connectivity index is 2.01. The number of pyridine rings is 1. The van der Waals surface area contributed by atoms with Gasteiger partial charge in [-0.05, 0) is 18.6 Å². The van der Waals surface area contributed by atoms with Crippen LogP contribution in [0.3, 0.4) is 0 Å². The predicted octanol–water partition coefficient (Wildman–Crippen LogP) is -0.0655. The zero-order valence-corrected chi connectivity index (χ0v) is 9.23. The maximum absolute atomic E-state index is 11.6. The van der Waals surface area contributed by atoms with Crippen LogP contribution in [0.2, 0.25) is 0 Å². The lowest BCUT2D eigenvalue weighted by molar-refractivity contribution is -0.126. The van der Waals surface area contributed by atoms with Gasteiger partial charge in [-0.2, -0.15) is 0 Å². The summed E-state index contributed by atoms with van der Waals surface area (Å²) >= 11 is 0. The van der Waals surface area contributed by atoms with Gasteiger partial charge in [0.15, 0.2) is 0 Å². The van der Waals surface area contributed by atoms with E-state index in [1.807, 2.05) is 19.1 Å². The minimum absolute atomic E-state index is 0.110. The Morgan fingerprint density at radius 3 is 3.06 bits per heavy atom. The Kier molecular flexibility index (Phi) is 2.31. The molecular weight excluding hydrogens is 220 g/mol. The van der Waals surface area contributed by atoms with Crippen LogP contribution >= 0.6 is 0 Å². The van der Waals surface area contributed by atoms with Crippen molar-refractivity contribution in [3.8, 4) is 0 Å². The molecule has 1 saturated heterocycles. The van der Waals surface area contributed by atoms with Crippen molar-refractivity contribution < 1.29 is 9.63 Å². The average Bonchev–Trinajstić information content (AvgIpc) is 2.75. The third kappa shape index (κ3) is 1.58. The number of rotatable bonds is 1. The highest BCUT2D eigenvalue weighted by molar-refractivity contribution is 5.86. The van der Waals surface area contributed by atoms with E-state index < -0.39 is 6.04 Å². The number of fused-ring (bicyclic) bond motifs is 1. The molecule has 2 unspecified atom stereocenters. The Bertz CT molecular complexity index is 486. The van der Waals surface area contributed by atoms with E-state index in [2.05, 4.69) is 21.3 Å². The maximum atomic E-state index is 11.6. The fourth-order valence-electron chi connectivity index (χ4n) is 2.14. The van der Waals surface area contributed by atoms with Crippen LogP contribution < -0.4 is 16.3 Å². The molecule has 6 nitrogen and oxygen atoms in total. The molecular formula is C11H12N4O2. The van der Waals surface area contributed by atoms with E-state index in [1.165, 1.54) is 0 Å². The van der Waals surface area contributed by atoms with Gasteiger partial charge in [0.25, 0.3) is 5.91 Å². The molecule has 3 heterocycles. The smallest absolute Gasteiger partial charge is 0.259 e. The second-order valence-corrected chi connectivity index (χ2v) is 4.02. The molecule has 0 spiro atoms. The fourth-order valence-corrected chi connectivity index (χ4v) is 2.14. The van der Waals surface area contributed by atoms with E-state index in [0.717, 1.165) is 16.9 Å². The van der Waals surface area contributed by atoms with Crippen molar-refractivity contribution in [1.82, 2.24) is 21.3 Å². The molecule has 0 bridgehead atoms. The van der Waals surface area contributed by atoms with Crippen molar-refractivity contribution in [2.24, 2.45) is 0 Å². The first-order valence-electron chi connectivity index (χ1n) is 5.35. The third-order valence-electron chi connectivity index (χ3n) is 2.98. The Hall–Kier alpha value is -1.92. The molecule has 3 N–H and O–H groups in total. The first-order chi connectivity index (χ1) is 8.27. The van der Waals surface area contributed by atoms with Crippen molar-refractivity contribution in [3.05, 3.63) is 41.4 Å². The van der Waals surface area contributed by atoms with E-state index in [1.54, 1.807) is 12.4 Å². The summed E-state index contributed by atoms with van der Waals surface area (Å²) in [6, 6.07) is 3.28. The highest BCUT2D eigenvalue weighted by atomic mass is 16.7. The van der Waals surface area contributed by atoms with Gasteiger partial charge in [0.2, 0.25) is 0 Å². The topological polar surface area (TPSA) is 75.3 Å². The van der Waals surface area contributed by atoms with E-state index in [0.29, 0.717) is 0 Å². The SMILES string of the molecule is CC1=C2C(NO1)C(=O)NNC2c1cccnc1. The number of hydrogen-bond donors (Lipinski definition) is 3. The van der Waals surface area contributed by atoms with Gasteiger partial charge in [0.1, 0.15) is 11.8 Å². The molecule has 0 radical (unpaired) electrons. The second-order valence-electron chi connectivity index (χ2n) is 4.02. The van der Waals surface area contributed by atoms with Crippen LogP contribution in [-0.4, -0.2) is 16.9 Å². The molecule has 17 heavy (non-hydrogen) atoms. The molecule has 1 fully saturated rings. The Labute approximate surface area is 98.0 Å². The molecule has 6 heteroatoms. The number of amides is 1. The van der Waals surface area contributed by atoms with E-state index >= 15 is 0 Å². The van der Waals surface area contributed by atoms with Crippen molar-refractivity contribution in [2.45, 2.75) is 19.0 Å². The van der Waals surface area contributed by atoms with Gasteiger partial charge >= 0.3 is 0 Å². The summed E-state index contributed by atoms with van der Waals surface area (Å²) in [6.07, 6.45) is 3.48. The van der Waals surface area contributed by atoms with Crippen LogP contribution in [0, 0.1) is 0 Å². The van der Waals surface area contributed by atoms with Gasteiger partial charge in [-0.1, -0.05) is 6.07 Å². The molecule has 3 rings (SSSR count). The number of allylic oxidation sites excluding steroid dienone is 1. The molecule has 2 aliphatic rings. The standard InChI is InChI=1S/C11H12N4O2/c1-6-8-9(7-3-2-4-12-5-7)13-14-11(16)10(8)15-17-6/h2-5,9-10,13,15H,1H3,(H,14,16). The molecule has 1 aromatic rings. The molecule has 1 aromatic heterocycles. The Morgan fingerprint density at radius 1 is 1.41 bits per heavy atom. The summed E-state index contributed by atoms with van der Waals surface area (Å²) in [6.45, 7) is 1.84. The largest absolute Gasteiger partial charge is 0.412 e. The summed E-state index contributed by atoms with van der Waals surface area (Å²) in [5, 5.41) is 0. The number of carbonyl (C=O) groups is 1. The van der Waals surface area contributed by atoms with Crippen LogP contribution in [0.4, 0.5) is 0 Å². The summed E-state index contributed by atoms with van der Waals surface area (Å²) in [7, 11) is 0. The van der Waals surface area contributed by atoms with E-state index in [9.17, 15) is 4.79 Å². The zero-order valence-electron chi connectivity index (χ0n) is 9.23. The van der Waals surface area contributed by atoms with Crippen LogP contribution in [0.25, 0.3) is 0 Å². The lowest BCUT2D eigenvalue weighted by Crippen LogP contribution is -2.55. The molecule has 0 aliphatic carbocycles. The molecule has 2 atom stereocenters. The highest BCUT2D eigenvalue weighted by Crippen LogP contribution is 2.32. The number of carbonyl (C=O) groups excluding carboxylic acids is 1. The van der Waals surface area contributed by atoms with Gasteiger partial charge in [0, 0.05) is 18.0 Å². The third-order valence-corrected chi connectivity index (χ3v) is 2.98. The van der Waals surface area contributed by atoms with Crippen LogP contribution in [-0.2, 0) is 9.63 Å². The minimum Gasteiger partial charge on any atom is -0.412 e. The monoisotopic (exact) mass is 232 g/mol. The van der Waals surface area contributed by atoms with Gasteiger partial charge in [-0.15, -0.1) is 5.48 Å². The number of nitrogens with zero attached hydrogens (tertiary/aromatic N) is 1. The summed E-state index contributed by atoms with van der Waals surface area (Å²) in [5.74, 6) is 0.586. The number of aromatic nitrogens is 1. The van der Waals surface area contributed by atoms with E-state index in [4.69, 9.17) is 4.84 Å². The quantitative estimate of drug-likeness (QED) is 0.632. The van der Waals surface area contributed by atoms with Gasteiger partial charge in [-0.3, -0.25) is 15.2 Å². The van der Waals surface area contributed by atoms with Gasteiger partial charge in [0.05, 0.1) is 6.04 Å². The average molecular weight is 232 g/mol. The van der Waals surface area contributed by atoms with E-state index in [-0.39, 0.29) is 11.9 Å². The summed E-state index contributed by atoms with van der Waals surface area (Å²) in [4.78, 5) is 20.9. The number of hydroxylamine groups is 1. The molecule has 88 valence electrons. The minimum atomic E-state index is -0.429. The summed E-state index contributed by atoms with van der Waals surface area (Å²) in [5.41, 5.74) is 10.2.